The van der Waals surface area contributed by atoms with Crippen LogP contribution in [0, 0.1) is 0 Å². The number of hydrogen-bond donors (Lipinski definition) is 0. The van der Waals surface area contributed by atoms with E-state index in [0.29, 0.717) is 13.2 Å². The zero-order valence-corrected chi connectivity index (χ0v) is 18.8. The van der Waals surface area contributed by atoms with E-state index in [-0.39, 0.29) is 5.78 Å². The summed E-state index contributed by atoms with van der Waals surface area (Å²) in [5, 5.41) is 6.77. The van der Waals surface area contributed by atoms with Gasteiger partial charge >= 0.3 is 0 Å². The Morgan fingerprint density at radius 3 is 2.55 bits per heavy atom. The standard InChI is InChI=1S/C27H23N3O2S/c31-26(27-14-8-16-33-27)19-29-15-7-9-21(18-29)25-17-22(20-32-24-12-5-2-6-13-24)28-30(25)23-10-3-1-4-11-23/h1-8,10-18H,9,19-20H2. The van der Waals surface area contributed by atoms with Crippen molar-refractivity contribution in [2.24, 2.45) is 0 Å². The molecule has 1 aliphatic rings. The minimum atomic E-state index is 0.112. The van der Waals surface area contributed by atoms with Crippen molar-refractivity contribution in [2.45, 2.75) is 13.0 Å². The fourth-order valence-electron chi connectivity index (χ4n) is 3.73. The largest absolute Gasteiger partial charge is 0.487 e. The summed E-state index contributed by atoms with van der Waals surface area (Å²) in [5.41, 5.74) is 3.91. The summed E-state index contributed by atoms with van der Waals surface area (Å²) in [6, 6.07) is 25.7. The van der Waals surface area contributed by atoms with Crippen LogP contribution >= 0.6 is 11.3 Å². The Morgan fingerprint density at radius 1 is 1.00 bits per heavy atom. The maximum Gasteiger partial charge on any atom is 0.192 e. The first-order chi connectivity index (χ1) is 16.3. The van der Waals surface area contributed by atoms with Gasteiger partial charge in [-0.1, -0.05) is 48.5 Å². The quantitative estimate of drug-likeness (QED) is 0.309. The third-order valence-corrected chi connectivity index (χ3v) is 6.21. The van der Waals surface area contributed by atoms with E-state index in [1.165, 1.54) is 11.3 Å². The van der Waals surface area contributed by atoms with Crippen molar-refractivity contribution >= 4 is 22.7 Å². The molecule has 0 saturated heterocycles. The number of hydrogen-bond acceptors (Lipinski definition) is 5. The van der Waals surface area contributed by atoms with Gasteiger partial charge in [0.15, 0.2) is 5.78 Å². The summed E-state index contributed by atoms with van der Waals surface area (Å²) in [6.07, 6.45) is 6.86. The third-order valence-electron chi connectivity index (χ3n) is 5.30. The lowest BCUT2D eigenvalue weighted by molar-refractivity contribution is 0.0973. The van der Waals surface area contributed by atoms with Crippen LogP contribution < -0.4 is 4.74 Å². The number of carbonyl (C=O) groups excluding carboxylic acids is 1. The molecule has 2 aromatic heterocycles. The molecule has 3 heterocycles. The molecule has 0 bridgehead atoms. The minimum Gasteiger partial charge on any atom is -0.487 e. The fourth-order valence-corrected chi connectivity index (χ4v) is 4.39. The van der Waals surface area contributed by atoms with Crippen molar-refractivity contribution < 1.29 is 9.53 Å². The van der Waals surface area contributed by atoms with Crippen LogP contribution in [0.3, 0.4) is 0 Å². The Morgan fingerprint density at radius 2 is 1.79 bits per heavy atom. The molecule has 0 spiro atoms. The summed E-state index contributed by atoms with van der Waals surface area (Å²) in [6.45, 7) is 0.685. The summed E-state index contributed by atoms with van der Waals surface area (Å²) in [7, 11) is 0. The van der Waals surface area contributed by atoms with Gasteiger partial charge in [-0.15, -0.1) is 11.3 Å². The number of carbonyl (C=O) groups is 1. The van der Waals surface area contributed by atoms with Crippen molar-refractivity contribution in [3.63, 3.8) is 0 Å². The predicted octanol–water partition coefficient (Wildman–Crippen LogP) is 5.96. The molecule has 5 nitrogen and oxygen atoms in total. The van der Waals surface area contributed by atoms with E-state index in [4.69, 9.17) is 9.84 Å². The van der Waals surface area contributed by atoms with E-state index in [2.05, 4.69) is 12.1 Å². The number of Topliss-reactive ketones (excluding diaryl/α,β-unsaturated/α-hetero) is 1. The van der Waals surface area contributed by atoms with Crippen molar-refractivity contribution in [2.75, 3.05) is 6.54 Å². The molecule has 164 valence electrons. The SMILES string of the molecule is O=C(CN1C=CCC(c2cc(COc3ccccc3)nn2-c2ccccc2)=C1)c1cccs1. The van der Waals surface area contributed by atoms with Gasteiger partial charge in [0.05, 0.1) is 22.8 Å². The van der Waals surface area contributed by atoms with Crippen LogP contribution in [0.1, 0.15) is 27.5 Å². The zero-order chi connectivity index (χ0) is 22.5. The second kappa shape index (κ2) is 9.71. The maximum atomic E-state index is 12.6. The lowest BCUT2D eigenvalue weighted by atomic mass is 10.1. The molecular weight excluding hydrogens is 430 g/mol. The van der Waals surface area contributed by atoms with Gasteiger partial charge in [-0.05, 0) is 53.8 Å². The van der Waals surface area contributed by atoms with Gasteiger partial charge in [-0.3, -0.25) is 4.79 Å². The molecule has 0 amide bonds. The molecule has 0 atom stereocenters. The minimum absolute atomic E-state index is 0.112. The number of nitrogens with zero attached hydrogens (tertiary/aromatic N) is 3. The molecule has 0 radical (unpaired) electrons. The number of rotatable bonds is 8. The first-order valence-electron chi connectivity index (χ1n) is 10.8. The van der Waals surface area contributed by atoms with Crippen LogP contribution in [0.15, 0.2) is 103 Å². The average Bonchev–Trinajstić information content (AvgIpc) is 3.55. The van der Waals surface area contributed by atoms with Crippen molar-refractivity contribution in [1.82, 2.24) is 14.7 Å². The number of para-hydroxylation sites is 2. The van der Waals surface area contributed by atoms with Gasteiger partial charge < -0.3 is 9.64 Å². The first-order valence-corrected chi connectivity index (χ1v) is 11.7. The molecule has 0 saturated carbocycles. The van der Waals surface area contributed by atoms with E-state index in [9.17, 15) is 4.79 Å². The molecule has 0 aliphatic carbocycles. The smallest absolute Gasteiger partial charge is 0.192 e. The summed E-state index contributed by atoms with van der Waals surface area (Å²) in [5.74, 6) is 0.923. The second-order valence-corrected chi connectivity index (χ2v) is 8.63. The van der Waals surface area contributed by atoms with Crippen molar-refractivity contribution in [3.8, 4) is 11.4 Å². The molecule has 2 aromatic carbocycles. The van der Waals surface area contributed by atoms with Gasteiger partial charge in [0.1, 0.15) is 18.1 Å². The lowest BCUT2D eigenvalue weighted by Gasteiger charge is -2.21. The highest BCUT2D eigenvalue weighted by Crippen LogP contribution is 2.27. The monoisotopic (exact) mass is 453 g/mol. The summed E-state index contributed by atoms with van der Waals surface area (Å²) < 4.78 is 7.89. The highest BCUT2D eigenvalue weighted by Gasteiger charge is 2.18. The number of allylic oxidation sites excluding steroid dienone is 2. The maximum absolute atomic E-state index is 12.6. The Balaban J connectivity index is 1.42. The number of ketones is 1. The number of benzene rings is 2. The van der Waals surface area contributed by atoms with Gasteiger partial charge in [0.2, 0.25) is 0 Å². The summed E-state index contributed by atoms with van der Waals surface area (Å²) in [4.78, 5) is 15.3. The number of ether oxygens (including phenoxy) is 1. The van der Waals surface area contributed by atoms with E-state index < -0.39 is 0 Å². The molecular formula is C27H23N3O2S. The highest BCUT2D eigenvalue weighted by molar-refractivity contribution is 7.12. The molecule has 5 rings (SSSR count). The average molecular weight is 454 g/mol. The van der Waals surface area contributed by atoms with Crippen molar-refractivity contribution in [3.05, 3.63) is 119 Å². The highest BCUT2D eigenvalue weighted by atomic mass is 32.1. The van der Waals surface area contributed by atoms with Gasteiger partial charge in [-0.25, -0.2) is 4.68 Å². The number of aromatic nitrogens is 2. The van der Waals surface area contributed by atoms with Crippen LogP contribution in [-0.2, 0) is 6.61 Å². The van der Waals surface area contributed by atoms with Crippen LogP contribution in [0.5, 0.6) is 5.75 Å². The van der Waals surface area contributed by atoms with Gasteiger partial charge in [0, 0.05) is 12.4 Å². The van der Waals surface area contributed by atoms with Crippen LogP contribution in [0.2, 0.25) is 0 Å². The van der Waals surface area contributed by atoms with Gasteiger partial charge in [0.25, 0.3) is 0 Å². The topological polar surface area (TPSA) is 47.4 Å². The Labute approximate surface area is 196 Å². The number of thiophene rings is 1. The Hall–Kier alpha value is -3.90. The normalized spacial score (nSPS) is 13.1. The van der Waals surface area contributed by atoms with E-state index in [1.54, 1.807) is 0 Å². The molecule has 4 aromatic rings. The predicted molar refractivity (Wildman–Crippen MR) is 131 cm³/mol. The molecule has 0 fully saturated rings. The van der Waals surface area contributed by atoms with Crippen LogP contribution in [0.4, 0.5) is 0 Å². The van der Waals surface area contributed by atoms with Crippen molar-refractivity contribution in [1.29, 1.82) is 0 Å². The molecule has 1 aliphatic heterocycles. The molecule has 33 heavy (non-hydrogen) atoms. The van der Waals surface area contributed by atoms with Gasteiger partial charge in [-0.2, -0.15) is 5.10 Å². The van der Waals surface area contributed by atoms with E-state index in [0.717, 1.165) is 39.7 Å². The first kappa shape index (κ1) is 21.0. The lowest BCUT2D eigenvalue weighted by Crippen LogP contribution is -2.21. The second-order valence-electron chi connectivity index (χ2n) is 7.69. The third kappa shape index (κ3) is 4.96. The molecule has 6 heteroatoms. The zero-order valence-electron chi connectivity index (χ0n) is 18.0. The molecule has 0 unspecified atom stereocenters. The Bertz CT molecular complexity index is 1280. The van der Waals surface area contributed by atoms with E-state index >= 15 is 0 Å². The van der Waals surface area contributed by atoms with Crippen LogP contribution in [-0.4, -0.2) is 27.0 Å². The fraction of sp³-hybridized carbons (Fsp3) is 0.111. The van der Waals surface area contributed by atoms with E-state index in [1.807, 2.05) is 100 Å². The summed E-state index contributed by atoms with van der Waals surface area (Å²) >= 11 is 1.47. The Kier molecular flexibility index (Phi) is 6.17. The molecule has 0 N–H and O–H groups in total. The van der Waals surface area contributed by atoms with Crippen LogP contribution in [0.25, 0.3) is 11.3 Å².